The van der Waals surface area contributed by atoms with Crippen molar-refractivity contribution in [3.05, 3.63) is 98.8 Å². The Balaban J connectivity index is 1.55. The lowest BCUT2D eigenvalue weighted by atomic mass is 10.1. The van der Waals surface area contributed by atoms with Gasteiger partial charge in [-0.3, -0.25) is 8.87 Å². The SMILES string of the molecule is Cc1oc(=O)oc1CN(C)C1CCc2c1cn(Sc1cccc(Cl)c1)c2-c1ccccc1F. The fraction of sp³-hybridized carbons (Fsp3) is 0.240. The van der Waals surface area contributed by atoms with Gasteiger partial charge in [0.2, 0.25) is 0 Å². The zero-order valence-corrected chi connectivity index (χ0v) is 19.8. The summed E-state index contributed by atoms with van der Waals surface area (Å²) in [6, 6.07) is 14.6. The van der Waals surface area contributed by atoms with Crippen molar-refractivity contribution in [2.45, 2.75) is 37.2 Å². The zero-order valence-electron chi connectivity index (χ0n) is 18.2. The summed E-state index contributed by atoms with van der Waals surface area (Å²) in [5, 5.41) is 0.654. The molecule has 2 heterocycles. The van der Waals surface area contributed by atoms with E-state index in [0.29, 0.717) is 28.7 Å². The van der Waals surface area contributed by atoms with E-state index in [9.17, 15) is 9.18 Å². The summed E-state index contributed by atoms with van der Waals surface area (Å²) >= 11 is 7.71. The Bertz CT molecular complexity index is 1380. The highest BCUT2D eigenvalue weighted by Gasteiger charge is 2.33. The monoisotopic (exact) mass is 484 g/mol. The third-order valence-electron chi connectivity index (χ3n) is 6.03. The first-order valence-corrected chi connectivity index (χ1v) is 11.8. The highest BCUT2D eigenvalue weighted by molar-refractivity contribution is 7.98. The normalized spacial score (nSPS) is 15.4. The summed E-state index contributed by atoms with van der Waals surface area (Å²) in [6.07, 6.45) is 3.81. The molecular formula is C25H22ClFN2O3S. The zero-order chi connectivity index (χ0) is 23.1. The Kier molecular flexibility index (Phi) is 5.95. The molecule has 0 N–H and O–H groups in total. The molecule has 0 saturated heterocycles. The van der Waals surface area contributed by atoms with Crippen LogP contribution in [0, 0.1) is 12.7 Å². The quantitative estimate of drug-likeness (QED) is 0.313. The topological polar surface area (TPSA) is 51.5 Å². The van der Waals surface area contributed by atoms with Crippen molar-refractivity contribution in [1.82, 2.24) is 8.87 Å². The van der Waals surface area contributed by atoms with Crippen LogP contribution in [-0.2, 0) is 13.0 Å². The molecule has 33 heavy (non-hydrogen) atoms. The summed E-state index contributed by atoms with van der Waals surface area (Å²) in [5.41, 5.74) is 3.73. The summed E-state index contributed by atoms with van der Waals surface area (Å²) in [4.78, 5) is 14.6. The molecule has 0 saturated carbocycles. The number of aromatic nitrogens is 1. The molecule has 1 aliphatic rings. The summed E-state index contributed by atoms with van der Waals surface area (Å²) in [7, 11) is 2.00. The lowest BCUT2D eigenvalue weighted by molar-refractivity contribution is 0.214. The Morgan fingerprint density at radius 2 is 2.03 bits per heavy atom. The van der Waals surface area contributed by atoms with E-state index in [4.69, 9.17) is 20.4 Å². The van der Waals surface area contributed by atoms with Gasteiger partial charge in [-0.2, -0.15) is 0 Å². The first-order valence-electron chi connectivity index (χ1n) is 10.6. The maximum atomic E-state index is 14.9. The van der Waals surface area contributed by atoms with E-state index in [1.54, 1.807) is 13.0 Å². The maximum Gasteiger partial charge on any atom is 0.519 e. The van der Waals surface area contributed by atoms with Crippen LogP contribution in [0.25, 0.3) is 11.3 Å². The van der Waals surface area contributed by atoms with Gasteiger partial charge in [-0.25, -0.2) is 9.18 Å². The summed E-state index contributed by atoms with van der Waals surface area (Å²) < 4.78 is 27.1. The average molecular weight is 485 g/mol. The highest BCUT2D eigenvalue weighted by Crippen LogP contribution is 2.45. The standard InChI is InChI=1S/C25H22ClFN2O3S/c1-15-23(32-25(30)31-15)14-28(2)22-11-10-18-20(22)13-29(33-17-7-5-6-16(26)12-17)24(18)19-8-3-4-9-21(19)27/h3-9,12-13,22H,10-11,14H2,1-2H3. The van der Waals surface area contributed by atoms with Crippen molar-refractivity contribution in [2.24, 2.45) is 0 Å². The van der Waals surface area contributed by atoms with Crippen LogP contribution in [0.1, 0.15) is 35.1 Å². The second-order valence-electron chi connectivity index (χ2n) is 8.17. The van der Waals surface area contributed by atoms with E-state index in [-0.39, 0.29) is 11.9 Å². The van der Waals surface area contributed by atoms with E-state index in [0.717, 1.165) is 34.6 Å². The van der Waals surface area contributed by atoms with Crippen molar-refractivity contribution < 1.29 is 13.2 Å². The van der Waals surface area contributed by atoms with Crippen LogP contribution in [0.15, 0.2) is 73.3 Å². The van der Waals surface area contributed by atoms with Crippen molar-refractivity contribution in [3.63, 3.8) is 0 Å². The molecule has 2 aromatic carbocycles. The van der Waals surface area contributed by atoms with E-state index >= 15 is 0 Å². The number of aryl methyl sites for hydroxylation is 1. The van der Waals surface area contributed by atoms with Crippen LogP contribution in [0.3, 0.4) is 0 Å². The molecule has 0 radical (unpaired) electrons. The first-order chi connectivity index (χ1) is 15.9. The van der Waals surface area contributed by atoms with Gasteiger partial charge in [-0.15, -0.1) is 0 Å². The fourth-order valence-corrected chi connectivity index (χ4v) is 5.75. The van der Waals surface area contributed by atoms with Gasteiger partial charge in [0, 0.05) is 27.7 Å². The smallest absolute Gasteiger partial charge is 0.396 e. The second kappa shape index (κ2) is 8.89. The van der Waals surface area contributed by atoms with Crippen LogP contribution in [0.2, 0.25) is 5.02 Å². The molecule has 0 amide bonds. The third-order valence-corrected chi connectivity index (χ3v) is 7.21. The van der Waals surface area contributed by atoms with E-state index in [2.05, 4.69) is 11.1 Å². The average Bonchev–Trinajstić information content (AvgIpc) is 3.42. The van der Waals surface area contributed by atoms with Gasteiger partial charge in [0.15, 0.2) is 5.76 Å². The van der Waals surface area contributed by atoms with Crippen LogP contribution in [-0.4, -0.2) is 15.9 Å². The molecule has 0 aliphatic heterocycles. The van der Waals surface area contributed by atoms with Crippen LogP contribution in [0.4, 0.5) is 4.39 Å². The van der Waals surface area contributed by atoms with Gasteiger partial charge >= 0.3 is 5.82 Å². The lowest BCUT2D eigenvalue weighted by Crippen LogP contribution is -2.22. The number of rotatable bonds is 6. The predicted molar refractivity (Wildman–Crippen MR) is 127 cm³/mol. The molecule has 170 valence electrons. The highest BCUT2D eigenvalue weighted by atomic mass is 35.5. The van der Waals surface area contributed by atoms with E-state index in [1.165, 1.54) is 18.0 Å². The lowest BCUT2D eigenvalue weighted by Gasteiger charge is -2.23. The summed E-state index contributed by atoms with van der Waals surface area (Å²) in [6.45, 7) is 2.17. The third kappa shape index (κ3) is 4.28. The van der Waals surface area contributed by atoms with Crippen LogP contribution in [0.5, 0.6) is 0 Å². The molecule has 4 aromatic rings. The van der Waals surface area contributed by atoms with Crippen LogP contribution < -0.4 is 5.82 Å². The van der Waals surface area contributed by atoms with E-state index < -0.39 is 5.82 Å². The molecule has 2 aromatic heterocycles. The second-order valence-corrected chi connectivity index (χ2v) is 9.65. The minimum absolute atomic E-state index is 0.103. The van der Waals surface area contributed by atoms with Gasteiger partial charge in [-0.1, -0.05) is 29.8 Å². The molecule has 0 bridgehead atoms. The van der Waals surface area contributed by atoms with Gasteiger partial charge in [0.1, 0.15) is 11.6 Å². The molecule has 0 spiro atoms. The van der Waals surface area contributed by atoms with Gasteiger partial charge in [0.05, 0.1) is 12.2 Å². The molecule has 1 aliphatic carbocycles. The minimum Gasteiger partial charge on any atom is -0.396 e. The number of hydrogen-bond acceptors (Lipinski definition) is 5. The number of nitrogens with zero attached hydrogens (tertiary/aromatic N) is 2. The molecule has 1 unspecified atom stereocenters. The Morgan fingerprint density at radius 3 is 2.76 bits per heavy atom. The number of hydrogen-bond donors (Lipinski definition) is 0. The van der Waals surface area contributed by atoms with E-state index in [1.807, 2.05) is 47.4 Å². The molecule has 5 nitrogen and oxygen atoms in total. The van der Waals surface area contributed by atoms with Gasteiger partial charge in [0.25, 0.3) is 0 Å². The molecule has 1 atom stereocenters. The fourth-order valence-electron chi connectivity index (χ4n) is 4.48. The number of benzene rings is 2. The Hall–Kier alpha value is -2.74. The van der Waals surface area contributed by atoms with Crippen molar-refractivity contribution in [1.29, 1.82) is 0 Å². The molecular weight excluding hydrogens is 463 g/mol. The minimum atomic E-state index is -0.686. The Morgan fingerprint density at radius 1 is 1.21 bits per heavy atom. The van der Waals surface area contributed by atoms with Gasteiger partial charge < -0.3 is 8.83 Å². The number of fused-ring (bicyclic) bond motifs is 1. The van der Waals surface area contributed by atoms with Crippen molar-refractivity contribution in [2.75, 3.05) is 7.05 Å². The molecule has 5 rings (SSSR count). The number of halogens is 2. The predicted octanol–water partition coefficient (Wildman–Crippen LogP) is 6.48. The summed E-state index contributed by atoms with van der Waals surface area (Å²) in [5.74, 6) is 0.0806. The molecule has 0 fully saturated rings. The molecule has 8 heteroatoms. The first kappa shape index (κ1) is 22.1. The van der Waals surface area contributed by atoms with Crippen molar-refractivity contribution in [3.8, 4) is 11.3 Å². The van der Waals surface area contributed by atoms with Gasteiger partial charge in [-0.05, 0) is 80.2 Å². The maximum absolute atomic E-state index is 14.9. The Labute approximate surface area is 199 Å². The largest absolute Gasteiger partial charge is 0.519 e. The van der Waals surface area contributed by atoms with Crippen LogP contribution >= 0.6 is 23.5 Å². The van der Waals surface area contributed by atoms with Crippen molar-refractivity contribution >= 4 is 23.5 Å².